The third kappa shape index (κ3) is 4.69. The van der Waals surface area contributed by atoms with E-state index >= 15 is 0 Å². The number of aliphatic imine (C=N–C) groups is 1. The summed E-state index contributed by atoms with van der Waals surface area (Å²) in [5, 5.41) is 8.08. The van der Waals surface area contributed by atoms with Crippen LogP contribution in [0.4, 0.5) is 8.78 Å². The van der Waals surface area contributed by atoms with Gasteiger partial charge in [0.25, 0.3) is 11.5 Å². The first-order valence-corrected chi connectivity index (χ1v) is 12.8. The minimum absolute atomic E-state index is 0.190. The van der Waals surface area contributed by atoms with Gasteiger partial charge in [-0.1, -0.05) is 12.1 Å². The van der Waals surface area contributed by atoms with Crippen LogP contribution in [-0.4, -0.2) is 51.1 Å². The van der Waals surface area contributed by atoms with Gasteiger partial charge in [-0.3, -0.25) is 9.36 Å². The molecule has 3 aromatic heterocycles. The summed E-state index contributed by atoms with van der Waals surface area (Å²) in [5.41, 5.74) is 2.96. The molecule has 6 rings (SSSR count). The quantitative estimate of drug-likeness (QED) is 0.374. The summed E-state index contributed by atoms with van der Waals surface area (Å²) in [6.45, 7) is 1.45. The molecule has 1 aromatic carbocycles. The fourth-order valence-electron chi connectivity index (χ4n) is 4.76. The third-order valence-corrected chi connectivity index (χ3v) is 6.96. The summed E-state index contributed by atoms with van der Waals surface area (Å²) in [6.07, 6.45) is 3.84. The highest BCUT2D eigenvalue weighted by Gasteiger charge is 2.34. The highest BCUT2D eigenvalue weighted by atomic mass is 19.3. The van der Waals surface area contributed by atoms with E-state index in [1.807, 2.05) is 12.1 Å². The van der Waals surface area contributed by atoms with Crippen LogP contribution in [0.25, 0.3) is 22.3 Å². The second-order valence-electron chi connectivity index (χ2n) is 9.83. The van der Waals surface area contributed by atoms with Gasteiger partial charge < -0.3 is 14.8 Å². The van der Waals surface area contributed by atoms with Gasteiger partial charge >= 0.3 is 0 Å². The number of methoxy groups -OCH3 is 2. The van der Waals surface area contributed by atoms with E-state index in [1.165, 1.54) is 23.9 Å². The molecule has 0 atom stereocenters. The minimum Gasteiger partial charge on any atom is -0.481 e. The molecule has 0 radical (unpaired) electrons. The fraction of sp³-hybridized carbons (Fsp3) is 0.321. The molecular weight excluding hydrogens is 520 g/mol. The van der Waals surface area contributed by atoms with Crippen molar-refractivity contribution < 1.29 is 18.3 Å². The predicted molar refractivity (Wildman–Crippen MR) is 145 cm³/mol. The van der Waals surface area contributed by atoms with Crippen molar-refractivity contribution in [2.24, 2.45) is 10.9 Å². The number of pyridine rings is 1. The van der Waals surface area contributed by atoms with E-state index in [9.17, 15) is 13.6 Å². The van der Waals surface area contributed by atoms with Crippen LogP contribution in [0.2, 0.25) is 0 Å². The van der Waals surface area contributed by atoms with Crippen molar-refractivity contribution in [2.45, 2.75) is 32.2 Å². The van der Waals surface area contributed by atoms with Crippen LogP contribution in [0, 0.1) is 5.92 Å². The van der Waals surface area contributed by atoms with Gasteiger partial charge in [0, 0.05) is 36.3 Å². The largest absolute Gasteiger partial charge is 0.481 e. The van der Waals surface area contributed by atoms with Crippen molar-refractivity contribution in [2.75, 3.05) is 20.9 Å². The zero-order valence-electron chi connectivity index (χ0n) is 22.2. The molecule has 0 saturated heterocycles. The van der Waals surface area contributed by atoms with E-state index in [1.54, 1.807) is 36.1 Å². The Hall–Kier alpha value is -4.61. The predicted octanol–water partition coefficient (Wildman–Crippen LogP) is 3.87. The topological polar surface area (TPSA) is 108 Å². The second-order valence-corrected chi connectivity index (χ2v) is 9.83. The van der Waals surface area contributed by atoms with Crippen molar-refractivity contribution in [3.63, 3.8) is 0 Å². The van der Waals surface area contributed by atoms with Crippen molar-refractivity contribution in [1.82, 2.24) is 29.6 Å². The Bertz CT molecular complexity index is 1710. The smallest absolute Gasteiger partial charge is 0.288 e. The monoisotopic (exact) mass is 547 g/mol. The Balaban J connectivity index is 1.36. The number of allylic oxidation sites excluding steroid dienone is 1. The Kier molecular flexibility index (Phi) is 6.32. The standard InChI is InChI=1S/C28H27F2N7O3/c1-28(29,30)20-12-22(39-2)37(35-20)19-9-4-16(5-10-19)14-36-21(38)11-8-18-13-31-25(34-26(18)36)23-24(17-6-7-17)32-15-33-27(23)40-3/h4-5,8-13,17,32H,6-7,14-15H2,1-3H3. The van der Waals surface area contributed by atoms with Crippen LogP contribution in [0.3, 0.4) is 0 Å². The van der Waals surface area contributed by atoms with E-state index in [2.05, 4.69) is 20.4 Å². The number of halogens is 2. The highest BCUT2D eigenvalue weighted by Crippen LogP contribution is 2.39. The Morgan fingerprint density at radius 2 is 1.88 bits per heavy atom. The Labute approximate surface area is 228 Å². The van der Waals surface area contributed by atoms with Crippen molar-refractivity contribution in [3.8, 4) is 11.6 Å². The van der Waals surface area contributed by atoms with Crippen LogP contribution in [0.15, 0.2) is 64.1 Å². The normalized spacial score (nSPS) is 15.7. The Morgan fingerprint density at radius 3 is 2.55 bits per heavy atom. The second kappa shape index (κ2) is 9.85. The number of benzene rings is 1. The maximum Gasteiger partial charge on any atom is 0.288 e. The number of rotatable bonds is 7. The molecule has 206 valence electrons. The molecule has 1 fully saturated rings. The third-order valence-electron chi connectivity index (χ3n) is 6.96. The van der Waals surface area contributed by atoms with E-state index < -0.39 is 5.92 Å². The fourth-order valence-corrected chi connectivity index (χ4v) is 4.76. The van der Waals surface area contributed by atoms with E-state index in [0.717, 1.165) is 36.6 Å². The van der Waals surface area contributed by atoms with Gasteiger partial charge in [0.15, 0.2) is 5.82 Å². The Morgan fingerprint density at radius 1 is 1.10 bits per heavy atom. The van der Waals surface area contributed by atoms with Crippen molar-refractivity contribution >= 4 is 22.5 Å². The van der Waals surface area contributed by atoms with Crippen LogP contribution < -0.4 is 15.6 Å². The lowest BCUT2D eigenvalue weighted by Crippen LogP contribution is -2.27. The van der Waals surface area contributed by atoms with E-state index in [-0.39, 0.29) is 23.7 Å². The molecule has 1 aliphatic carbocycles. The number of fused-ring (bicyclic) bond motifs is 1. The molecule has 10 nitrogen and oxygen atoms in total. The van der Waals surface area contributed by atoms with Gasteiger partial charge in [-0.05, 0) is 42.5 Å². The lowest BCUT2D eigenvalue weighted by atomic mass is 10.1. The zero-order valence-corrected chi connectivity index (χ0v) is 22.2. The lowest BCUT2D eigenvalue weighted by Gasteiger charge is -2.21. The zero-order chi connectivity index (χ0) is 28.0. The number of nitrogens with zero attached hydrogens (tertiary/aromatic N) is 6. The molecule has 1 saturated carbocycles. The number of hydrogen-bond acceptors (Lipinski definition) is 8. The van der Waals surface area contributed by atoms with Crippen molar-refractivity contribution in [1.29, 1.82) is 0 Å². The summed E-state index contributed by atoms with van der Waals surface area (Å²) >= 11 is 0. The number of nitrogens with one attached hydrogen (secondary N) is 1. The van der Waals surface area contributed by atoms with Crippen molar-refractivity contribution in [3.05, 3.63) is 81.8 Å². The molecule has 1 aliphatic heterocycles. The molecule has 40 heavy (non-hydrogen) atoms. The number of ether oxygens (including phenoxy) is 2. The maximum absolute atomic E-state index is 13.8. The first-order valence-electron chi connectivity index (χ1n) is 12.8. The lowest BCUT2D eigenvalue weighted by molar-refractivity contribution is 0.0124. The van der Waals surface area contributed by atoms with E-state index in [4.69, 9.17) is 14.5 Å². The number of hydrogen-bond donors (Lipinski definition) is 1. The summed E-state index contributed by atoms with van der Waals surface area (Å²) in [7, 11) is 2.97. The molecule has 4 aromatic rings. The molecule has 0 spiro atoms. The van der Waals surface area contributed by atoms with Crippen LogP contribution >= 0.6 is 0 Å². The molecule has 0 amide bonds. The van der Waals surface area contributed by atoms with Gasteiger partial charge in [0.2, 0.25) is 11.8 Å². The maximum atomic E-state index is 13.8. The molecule has 4 heterocycles. The molecular formula is C28H27F2N7O3. The van der Waals surface area contributed by atoms with Gasteiger partial charge in [-0.15, -0.1) is 0 Å². The molecule has 1 N–H and O–H groups in total. The van der Waals surface area contributed by atoms with Gasteiger partial charge in [-0.2, -0.15) is 13.9 Å². The SMILES string of the molecule is COC1=NCNC(C2CC2)=C1c1ncc2ccc(=O)n(Cc3ccc(-n4nc(C(C)(F)F)cc4OC)cc3)c2n1. The number of aromatic nitrogens is 5. The van der Waals surface area contributed by atoms with Gasteiger partial charge in [0.05, 0.1) is 26.5 Å². The van der Waals surface area contributed by atoms with Crippen LogP contribution in [-0.2, 0) is 17.2 Å². The molecule has 2 aliphatic rings. The average Bonchev–Trinajstić information content (AvgIpc) is 3.71. The minimum atomic E-state index is -3.10. The molecule has 0 bridgehead atoms. The first kappa shape index (κ1) is 25.7. The summed E-state index contributed by atoms with van der Waals surface area (Å²) in [5.74, 6) is -1.62. The van der Waals surface area contributed by atoms with Crippen LogP contribution in [0.1, 0.15) is 36.8 Å². The molecule has 0 unspecified atom stereocenters. The summed E-state index contributed by atoms with van der Waals surface area (Å²) in [4.78, 5) is 26.9. The van der Waals surface area contributed by atoms with Gasteiger partial charge in [0.1, 0.15) is 23.6 Å². The number of alkyl halides is 2. The van der Waals surface area contributed by atoms with Crippen LogP contribution in [0.5, 0.6) is 5.88 Å². The highest BCUT2D eigenvalue weighted by molar-refractivity contribution is 6.20. The summed E-state index contributed by atoms with van der Waals surface area (Å²) < 4.78 is 41.4. The molecule has 12 heteroatoms. The van der Waals surface area contributed by atoms with E-state index in [0.29, 0.717) is 41.0 Å². The summed E-state index contributed by atoms with van der Waals surface area (Å²) in [6, 6.07) is 11.5. The van der Waals surface area contributed by atoms with Gasteiger partial charge in [-0.25, -0.2) is 19.6 Å². The average molecular weight is 548 g/mol. The first-order chi connectivity index (χ1) is 19.3.